The average molecular weight is 537 g/mol. The molecule has 0 atom stereocenters. The Labute approximate surface area is 224 Å². The molecule has 3 N–H and O–H groups in total. The highest BCUT2D eigenvalue weighted by molar-refractivity contribution is 6.28. The third-order valence-electron chi connectivity index (χ3n) is 6.00. The van der Waals surface area contributed by atoms with Crippen LogP contribution >= 0.6 is 11.6 Å². The van der Waals surface area contributed by atoms with Gasteiger partial charge in [-0.15, -0.1) is 0 Å². The van der Waals surface area contributed by atoms with Crippen LogP contribution in [0.1, 0.15) is 26.3 Å². The molecule has 4 aromatic rings. The number of aromatic hydroxyl groups is 1. The Morgan fingerprint density at radius 2 is 1.92 bits per heavy atom. The van der Waals surface area contributed by atoms with E-state index in [1.54, 1.807) is 11.1 Å². The van der Waals surface area contributed by atoms with Crippen molar-refractivity contribution < 1.29 is 14.6 Å². The number of imidazole rings is 1. The molecule has 1 aliphatic heterocycles. The zero-order valence-electron chi connectivity index (χ0n) is 21.4. The van der Waals surface area contributed by atoms with Crippen molar-refractivity contribution in [3.63, 3.8) is 0 Å². The summed E-state index contributed by atoms with van der Waals surface area (Å²) in [5.74, 6) is 1.14. The molecule has 3 aromatic heterocycles. The summed E-state index contributed by atoms with van der Waals surface area (Å²) in [6.07, 6.45) is 2.77. The molecule has 12 heteroatoms. The maximum absolute atomic E-state index is 12.3. The Balaban J connectivity index is 1.22. The van der Waals surface area contributed by atoms with E-state index >= 15 is 0 Å². The van der Waals surface area contributed by atoms with E-state index < -0.39 is 5.60 Å². The van der Waals surface area contributed by atoms with Crippen LogP contribution in [0, 0.1) is 0 Å². The lowest BCUT2D eigenvalue weighted by Crippen LogP contribution is -2.49. The minimum absolute atomic E-state index is 0.0562. The predicted octanol–water partition coefficient (Wildman–Crippen LogP) is 4.57. The van der Waals surface area contributed by atoms with Crippen LogP contribution in [0.4, 0.5) is 16.6 Å². The standard InChI is InChI=1S/C26H29ClN8O3/c1-26(2,3)38-25(37)35-10-8-34(9-11-35)15-16-6-7-28-21(12-16)32-24-30-18-5-4-17(13-19(18)31-24)22-20(36)14-29-23(27)33-22/h4-7,12-14,36H,8-11,15H2,1-3H3,(H2,28,30,31,32). The molecule has 0 aliphatic carbocycles. The fourth-order valence-corrected chi connectivity index (χ4v) is 4.35. The van der Waals surface area contributed by atoms with Crippen LogP contribution in [0.2, 0.25) is 5.28 Å². The Morgan fingerprint density at radius 3 is 2.68 bits per heavy atom. The molecule has 0 unspecified atom stereocenters. The molecule has 5 rings (SSSR count). The van der Waals surface area contributed by atoms with E-state index in [2.05, 4.69) is 35.1 Å². The van der Waals surface area contributed by atoms with E-state index in [1.165, 1.54) is 6.20 Å². The number of aromatic amines is 1. The first-order chi connectivity index (χ1) is 18.1. The number of pyridine rings is 1. The van der Waals surface area contributed by atoms with Gasteiger partial charge in [0.2, 0.25) is 11.2 Å². The van der Waals surface area contributed by atoms with Gasteiger partial charge in [-0.1, -0.05) is 6.07 Å². The monoisotopic (exact) mass is 536 g/mol. The number of halogens is 1. The molecule has 11 nitrogen and oxygen atoms in total. The summed E-state index contributed by atoms with van der Waals surface area (Å²) >= 11 is 5.90. The molecule has 0 saturated carbocycles. The van der Waals surface area contributed by atoms with Gasteiger partial charge in [-0.3, -0.25) is 4.90 Å². The fraction of sp³-hybridized carbons (Fsp3) is 0.346. The number of carbonyl (C=O) groups excluding carboxylic acids is 1. The number of amides is 1. The topological polar surface area (TPSA) is 132 Å². The molecule has 1 aliphatic rings. The number of benzene rings is 1. The molecule has 0 spiro atoms. The molecule has 1 amide bonds. The van der Waals surface area contributed by atoms with Gasteiger partial charge in [0, 0.05) is 44.5 Å². The van der Waals surface area contributed by atoms with Crippen LogP contribution in [0.25, 0.3) is 22.3 Å². The SMILES string of the molecule is CC(C)(C)OC(=O)N1CCN(Cc2ccnc(Nc3nc4ccc(-c5nc(Cl)ncc5O)cc4[nH]3)c2)CC1. The number of hydrogen-bond acceptors (Lipinski definition) is 9. The van der Waals surface area contributed by atoms with Crippen LogP contribution in [0.3, 0.4) is 0 Å². The molecule has 1 fully saturated rings. The minimum atomic E-state index is -0.495. The molecular formula is C26H29ClN8O3. The number of ether oxygens (including phenoxy) is 1. The van der Waals surface area contributed by atoms with Gasteiger partial charge in [-0.05, 0) is 62.2 Å². The lowest BCUT2D eigenvalue weighted by atomic mass is 10.1. The quantitative estimate of drug-likeness (QED) is 0.314. The van der Waals surface area contributed by atoms with Crippen molar-refractivity contribution in [1.29, 1.82) is 0 Å². The zero-order chi connectivity index (χ0) is 26.9. The number of H-pyrrole nitrogens is 1. The van der Waals surface area contributed by atoms with E-state index in [0.717, 1.165) is 36.2 Å². The van der Waals surface area contributed by atoms with Gasteiger partial charge in [0.05, 0.1) is 17.2 Å². The summed E-state index contributed by atoms with van der Waals surface area (Å²) in [6, 6.07) is 9.46. The molecule has 0 bridgehead atoms. The molecular weight excluding hydrogens is 508 g/mol. The summed E-state index contributed by atoms with van der Waals surface area (Å²) in [5.41, 5.74) is 3.14. The molecule has 1 aromatic carbocycles. The fourth-order valence-electron chi connectivity index (χ4n) is 4.22. The molecule has 0 radical (unpaired) electrons. The maximum atomic E-state index is 12.3. The van der Waals surface area contributed by atoms with Gasteiger partial charge in [0.25, 0.3) is 0 Å². The van der Waals surface area contributed by atoms with E-state index in [4.69, 9.17) is 16.3 Å². The summed E-state index contributed by atoms with van der Waals surface area (Å²) in [6.45, 7) is 9.17. The van der Waals surface area contributed by atoms with Gasteiger partial charge >= 0.3 is 6.09 Å². The minimum Gasteiger partial charge on any atom is -0.504 e. The van der Waals surface area contributed by atoms with Crippen molar-refractivity contribution in [2.24, 2.45) is 0 Å². The number of carbonyl (C=O) groups is 1. The average Bonchev–Trinajstić information content (AvgIpc) is 3.26. The number of hydrogen-bond donors (Lipinski definition) is 3. The van der Waals surface area contributed by atoms with Crippen molar-refractivity contribution >= 4 is 40.5 Å². The van der Waals surface area contributed by atoms with Gasteiger partial charge in [-0.2, -0.15) is 0 Å². The number of rotatable bonds is 5. The second-order valence-corrected chi connectivity index (χ2v) is 10.4. The van der Waals surface area contributed by atoms with Crippen LogP contribution < -0.4 is 5.32 Å². The first-order valence-electron chi connectivity index (χ1n) is 12.3. The lowest BCUT2D eigenvalue weighted by Gasteiger charge is -2.35. The summed E-state index contributed by atoms with van der Waals surface area (Å²) in [4.78, 5) is 36.6. The highest BCUT2D eigenvalue weighted by atomic mass is 35.5. The Morgan fingerprint density at radius 1 is 1.13 bits per heavy atom. The largest absolute Gasteiger partial charge is 0.504 e. The third-order valence-corrected chi connectivity index (χ3v) is 6.18. The number of nitrogens with one attached hydrogen (secondary N) is 2. The van der Waals surface area contributed by atoms with Crippen LogP contribution in [0.15, 0.2) is 42.7 Å². The maximum Gasteiger partial charge on any atom is 0.410 e. The molecule has 4 heterocycles. The Hall–Kier alpha value is -3.96. The van der Waals surface area contributed by atoms with Crippen molar-refractivity contribution in [3.05, 3.63) is 53.6 Å². The highest BCUT2D eigenvalue weighted by Gasteiger charge is 2.25. The summed E-state index contributed by atoms with van der Waals surface area (Å²) in [5, 5.41) is 13.4. The number of fused-ring (bicyclic) bond motifs is 1. The second kappa shape index (κ2) is 10.4. The predicted molar refractivity (Wildman–Crippen MR) is 144 cm³/mol. The number of anilines is 2. The smallest absolute Gasteiger partial charge is 0.410 e. The van der Waals surface area contributed by atoms with E-state index in [0.29, 0.717) is 36.1 Å². The second-order valence-electron chi connectivity index (χ2n) is 10.1. The van der Waals surface area contributed by atoms with Gasteiger partial charge in [0.15, 0.2) is 5.75 Å². The summed E-state index contributed by atoms with van der Waals surface area (Å²) < 4.78 is 5.48. The van der Waals surface area contributed by atoms with Crippen molar-refractivity contribution in [3.8, 4) is 17.0 Å². The van der Waals surface area contributed by atoms with Gasteiger partial charge in [0.1, 0.15) is 17.1 Å². The highest BCUT2D eigenvalue weighted by Crippen LogP contribution is 2.30. The van der Waals surface area contributed by atoms with Gasteiger partial charge in [-0.25, -0.2) is 24.7 Å². The first kappa shape index (κ1) is 25.7. The van der Waals surface area contributed by atoms with E-state index in [-0.39, 0.29) is 17.1 Å². The molecule has 38 heavy (non-hydrogen) atoms. The molecule has 1 saturated heterocycles. The third kappa shape index (κ3) is 6.12. The molecule has 198 valence electrons. The zero-order valence-corrected chi connectivity index (χ0v) is 22.2. The van der Waals surface area contributed by atoms with Crippen LogP contribution in [0.5, 0.6) is 5.75 Å². The number of nitrogens with zero attached hydrogens (tertiary/aromatic N) is 6. The Kier molecular flexibility index (Phi) is 7.04. The van der Waals surface area contributed by atoms with Crippen LogP contribution in [-0.2, 0) is 11.3 Å². The van der Waals surface area contributed by atoms with Crippen molar-refractivity contribution in [2.45, 2.75) is 32.9 Å². The Bertz CT molecular complexity index is 1460. The van der Waals surface area contributed by atoms with Gasteiger partial charge < -0.3 is 25.0 Å². The first-order valence-corrected chi connectivity index (χ1v) is 12.6. The van der Waals surface area contributed by atoms with E-state index in [9.17, 15) is 9.90 Å². The van der Waals surface area contributed by atoms with Crippen LogP contribution in [-0.4, -0.2) is 77.7 Å². The van der Waals surface area contributed by atoms with Crippen molar-refractivity contribution in [1.82, 2.24) is 34.7 Å². The summed E-state index contributed by atoms with van der Waals surface area (Å²) in [7, 11) is 0. The lowest BCUT2D eigenvalue weighted by molar-refractivity contribution is 0.0139. The normalized spacial score (nSPS) is 14.6. The number of piperazine rings is 1. The van der Waals surface area contributed by atoms with E-state index in [1.807, 2.05) is 51.1 Å². The number of aromatic nitrogens is 5. The van der Waals surface area contributed by atoms with Crippen molar-refractivity contribution in [2.75, 3.05) is 31.5 Å².